The number of hydrogen-bond acceptors (Lipinski definition) is 3. The quantitative estimate of drug-likeness (QED) is 0.822. The van der Waals surface area contributed by atoms with Gasteiger partial charge in [-0.25, -0.2) is 4.39 Å². The smallest absolute Gasteiger partial charge is 0.264 e. The molecule has 0 aliphatic rings. The Hall–Kier alpha value is -2.56. The number of nitrogens with zero attached hydrogens (tertiary/aromatic N) is 1. The molecule has 0 unspecified atom stereocenters. The number of ether oxygens (including phenoxy) is 2. The maximum Gasteiger partial charge on any atom is 0.264 e. The zero-order valence-electron chi connectivity index (χ0n) is 12.6. The lowest BCUT2D eigenvalue weighted by atomic mass is 10.2. The van der Waals surface area contributed by atoms with E-state index >= 15 is 0 Å². The summed E-state index contributed by atoms with van der Waals surface area (Å²) in [5.41, 5.74) is 0.646. The molecule has 1 amide bonds. The van der Waals surface area contributed by atoms with Gasteiger partial charge < -0.3 is 14.4 Å². The summed E-state index contributed by atoms with van der Waals surface area (Å²) in [6, 6.07) is 12.8. The van der Waals surface area contributed by atoms with Crippen molar-refractivity contribution in [2.75, 3.05) is 25.2 Å². The van der Waals surface area contributed by atoms with Crippen LogP contribution in [0.4, 0.5) is 10.1 Å². The molecule has 2 aromatic rings. The zero-order chi connectivity index (χ0) is 15.9. The molecule has 0 aliphatic carbocycles. The molecule has 116 valence electrons. The van der Waals surface area contributed by atoms with Crippen LogP contribution in [0.1, 0.15) is 6.92 Å². The minimum absolute atomic E-state index is 0.0858. The topological polar surface area (TPSA) is 38.8 Å². The molecule has 2 aromatic carbocycles. The van der Waals surface area contributed by atoms with Crippen molar-refractivity contribution in [3.05, 3.63) is 54.3 Å². The molecule has 0 bridgehead atoms. The van der Waals surface area contributed by atoms with E-state index in [9.17, 15) is 9.18 Å². The van der Waals surface area contributed by atoms with Crippen LogP contribution in [-0.4, -0.2) is 26.2 Å². The van der Waals surface area contributed by atoms with E-state index in [0.717, 1.165) is 5.75 Å². The molecular weight excluding hydrogens is 285 g/mol. The average Bonchev–Trinajstić information content (AvgIpc) is 2.56. The van der Waals surface area contributed by atoms with Crippen LogP contribution in [0.3, 0.4) is 0 Å². The minimum atomic E-state index is -0.332. The molecular formula is C17H18FNO3. The normalized spacial score (nSPS) is 10.1. The van der Waals surface area contributed by atoms with Crippen LogP contribution in [0, 0.1) is 5.82 Å². The largest absolute Gasteiger partial charge is 0.497 e. The van der Waals surface area contributed by atoms with Crippen molar-refractivity contribution in [1.29, 1.82) is 0 Å². The maximum absolute atomic E-state index is 12.9. The van der Waals surface area contributed by atoms with E-state index in [1.54, 1.807) is 48.4 Å². The third-order valence-electron chi connectivity index (χ3n) is 3.18. The molecule has 5 heteroatoms. The van der Waals surface area contributed by atoms with Crippen LogP contribution in [0.25, 0.3) is 0 Å². The summed E-state index contributed by atoms with van der Waals surface area (Å²) in [6.07, 6.45) is 0. The van der Waals surface area contributed by atoms with Gasteiger partial charge >= 0.3 is 0 Å². The lowest BCUT2D eigenvalue weighted by Gasteiger charge is -2.21. The van der Waals surface area contributed by atoms with E-state index in [1.807, 2.05) is 6.92 Å². The number of hydrogen-bond donors (Lipinski definition) is 0. The number of amides is 1. The minimum Gasteiger partial charge on any atom is -0.497 e. The highest BCUT2D eigenvalue weighted by molar-refractivity contribution is 5.94. The Kier molecular flexibility index (Phi) is 5.36. The van der Waals surface area contributed by atoms with E-state index < -0.39 is 0 Å². The molecule has 0 heterocycles. The predicted octanol–water partition coefficient (Wildman–Crippen LogP) is 3.27. The number of halogens is 1. The summed E-state index contributed by atoms with van der Waals surface area (Å²) in [7, 11) is 1.58. The van der Waals surface area contributed by atoms with Gasteiger partial charge in [0.15, 0.2) is 6.61 Å². The summed E-state index contributed by atoms with van der Waals surface area (Å²) >= 11 is 0. The molecule has 22 heavy (non-hydrogen) atoms. The van der Waals surface area contributed by atoms with Gasteiger partial charge in [0.2, 0.25) is 0 Å². The molecule has 2 rings (SSSR count). The summed E-state index contributed by atoms with van der Waals surface area (Å²) in [6.45, 7) is 2.25. The van der Waals surface area contributed by atoms with Crippen LogP contribution in [-0.2, 0) is 4.79 Å². The van der Waals surface area contributed by atoms with Gasteiger partial charge in [-0.2, -0.15) is 0 Å². The van der Waals surface area contributed by atoms with Crippen LogP contribution in [0.15, 0.2) is 48.5 Å². The Morgan fingerprint density at radius 1 is 1.05 bits per heavy atom. The fourth-order valence-corrected chi connectivity index (χ4v) is 2.02. The van der Waals surface area contributed by atoms with E-state index in [0.29, 0.717) is 18.0 Å². The molecule has 0 aliphatic heterocycles. The van der Waals surface area contributed by atoms with Crippen molar-refractivity contribution in [2.24, 2.45) is 0 Å². The Balaban J connectivity index is 1.98. The van der Waals surface area contributed by atoms with Gasteiger partial charge in [0, 0.05) is 12.2 Å². The summed E-state index contributed by atoms with van der Waals surface area (Å²) in [5, 5.41) is 0. The highest BCUT2D eigenvalue weighted by Gasteiger charge is 2.14. The molecule has 0 spiro atoms. The van der Waals surface area contributed by atoms with E-state index in [4.69, 9.17) is 9.47 Å². The predicted molar refractivity (Wildman–Crippen MR) is 82.9 cm³/mol. The van der Waals surface area contributed by atoms with Crippen LogP contribution in [0.2, 0.25) is 0 Å². The molecule has 0 radical (unpaired) electrons. The van der Waals surface area contributed by atoms with Gasteiger partial charge in [-0.15, -0.1) is 0 Å². The van der Waals surface area contributed by atoms with Gasteiger partial charge in [0.1, 0.15) is 17.3 Å². The third-order valence-corrected chi connectivity index (χ3v) is 3.18. The first-order chi connectivity index (χ1) is 10.6. The fraction of sp³-hybridized carbons (Fsp3) is 0.235. The lowest BCUT2D eigenvalue weighted by molar-refractivity contribution is -0.120. The number of rotatable bonds is 6. The number of carbonyl (C=O) groups is 1. The van der Waals surface area contributed by atoms with Gasteiger partial charge in [-0.1, -0.05) is 0 Å². The Labute approximate surface area is 129 Å². The van der Waals surface area contributed by atoms with Crippen molar-refractivity contribution in [2.45, 2.75) is 6.92 Å². The van der Waals surface area contributed by atoms with Gasteiger partial charge in [0.25, 0.3) is 5.91 Å². The Morgan fingerprint density at radius 2 is 1.64 bits per heavy atom. The number of anilines is 1. The number of benzene rings is 2. The highest BCUT2D eigenvalue weighted by Crippen LogP contribution is 2.18. The Morgan fingerprint density at radius 3 is 2.18 bits per heavy atom. The van der Waals surface area contributed by atoms with E-state index in [2.05, 4.69) is 0 Å². The van der Waals surface area contributed by atoms with Crippen LogP contribution in [0.5, 0.6) is 11.5 Å². The number of methoxy groups -OCH3 is 1. The first-order valence-electron chi connectivity index (χ1n) is 6.97. The third kappa shape index (κ3) is 3.97. The van der Waals surface area contributed by atoms with Crippen LogP contribution >= 0.6 is 0 Å². The lowest BCUT2D eigenvalue weighted by Crippen LogP contribution is -2.34. The molecule has 0 aromatic heterocycles. The number of carbonyl (C=O) groups excluding carboxylic acids is 1. The first kappa shape index (κ1) is 15.8. The second-order valence-electron chi connectivity index (χ2n) is 4.58. The second kappa shape index (κ2) is 7.45. The first-order valence-corrected chi connectivity index (χ1v) is 6.97. The highest BCUT2D eigenvalue weighted by atomic mass is 19.1. The van der Waals surface area contributed by atoms with Gasteiger partial charge in [0.05, 0.1) is 7.11 Å². The molecule has 0 atom stereocenters. The van der Waals surface area contributed by atoms with Crippen molar-refractivity contribution < 1.29 is 18.7 Å². The van der Waals surface area contributed by atoms with Crippen molar-refractivity contribution >= 4 is 11.6 Å². The van der Waals surface area contributed by atoms with Gasteiger partial charge in [-0.3, -0.25) is 4.79 Å². The molecule has 0 saturated heterocycles. The van der Waals surface area contributed by atoms with Crippen molar-refractivity contribution in [1.82, 2.24) is 0 Å². The summed E-state index contributed by atoms with van der Waals surface area (Å²) < 4.78 is 23.5. The SMILES string of the molecule is CCN(C(=O)COc1ccc(OC)cc1)c1ccc(F)cc1. The van der Waals surface area contributed by atoms with Crippen molar-refractivity contribution in [3.63, 3.8) is 0 Å². The van der Waals surface area contributed by atoms with Crippen LogP contribution < -0.4 is 14.4 Å². The number of likely N-dealkylation sites (N-methyl/N-ethyl adjacent to an activating group) is 1. The van der Waals surface area contributed by atoms with Gasteiger partial charge in [-0.05, 0) is 55.5 Å². The second-order valence-corrected chi connectivity index (χ2v) is 4.58. The fourth-order valence-electron chi connectivity index (χ4n) is 2.02. The van der Waals surface area contributed by atoms with Crippen molar-refractivity contribution in [3.8, 4) is 11.5 Å². The van der Waals surface area contributed by atoms with E-state index in [-0.39, 0.29) is 18.3 Å². The average molecular weight is 303 g/mol. The molecule has 0 saturated carbocycles. The van der Waals surface area contributed by atoms with E-state index in [1.165, 1.54) is 12.1 Å². The molecule has 4 nitrogen and oxygen atoms in total. The standard InChI is InChI=1S/C17H18FNO3/c1-3-19(14-6-4-13(18)5-7-14)17(20)12-22-16-10-8-15(21-2)9-11-16/h4-11H,3,12H2,1-2H3. The Bertz CT molecular complexity index is 611. The summed E-state index contributed by atoms with van der Waals surface area (Å²) in [5.74, 6) is 0.788. The maximum atomic E-state index is 12.9. The summed E-state index contributed by atoms with van der Waals surface area (Å²) in [4.78, 5) is 13.8. The molecule has 0 fully saturated rings. The zero-order valence-corrected chi connectivity index (χ0v) is 12.6. The molecule has 0 N–H and O–H groups in total. The monoisotopic (exact) mass is 303 g/mol.